The van der Waals surface area contributed by atoms with E-state index in [1.807, 2.05) is 17.2 Å². The topological polar surface area (TPSA) is 45.2 Å². The van der Waals surface area contributed by atoms with Gasteiger partial charge in [-0.2, -0.15) is 0 Å². The number of hydrogen-bond acceptors (Lipinski definition) is 4. The minimum Gasteiger partial charge on any atom is -0.334 e. The van der Waals surface area contributed by atoms with Crippen LogP contribution in [0, 0.1) is 6.92 Å². The summed E-state index contributed by atoms with van der Waals surface area (Å²) in [5.41, 5.74) is 0.587. The summed E-state index contributed by atoms with van der Waals surface area (Å²) in [6.45, 7) is 7.65. The third-order valence-corrected chi connectivity index (χ3v) is 3.46. The number of rotatable bonds is 1. The first-order valence-electron chi connectivity index (χ1n) is 5.53. The zero-order chi connectivity index (χ0) is 11.7. The molecule has 5 heteroatoms. The molecule has 1 N–H and O–H groups in total. The highest BCUT2D eigenvalue weighted by Gasteiger charge is 2.26. The van der Waals surface area contributed by atoms with E-state index in [9.17, 15) is 4.79 Å². The van der Waals surface area contributed by atoms with Gasteiger partial charge < -0.3 is 10.2 Å². The number of hydrogen-bond donors (Lipinski definition) is 1. The van der Waals surface area contributed by atoms with E-state index in [-0.39, 0.29) is 5.91 Å². The van der Waals surface area contributed by atoms with E-state index in [0.717, 1.165) is 18.1 Å². The van der Waals surface area contributed by atoms with Crippen molar-refractivity contribution in [1.29, 1.82) is 0 Å². The monoisotopic (exact) mass is 239 g/mol. The number of carbonyl (C=O) groups excluding carboxylic acids is 1. The fourth-order valence-corrected chi connectivity index (χ4v) is 2.70. The second-order valence-corrected chi connectivity index (χ2v) is 5.49. The third kappa shape index (κ3) is 2.41. The number of piperazine rings is 1. The molecular formula is C11H17N3OS. The molecular weight excluding hydrogens is 222 g/mol. The lowest BCUT2D eigenvalue weighted by Gasteiger charge is -2.35. The van der Waals surface area contributed by atoms with Gasteiger partial charge in [-0.05, 0) is 20.8 Å². The summed E-state index contributed by atoms with van der Waals surface area (Å²) >= 11 is 1.52. The van der Waals surface area contributed by atoms with E-state index >= 15 is 0 Å². The second-order valence-electron chi connectivity index (χ2n) is 4.43. The molecule has 1 aliphatic heterocycles. The lowest BCUT2D eigenvalue weighted by molar-refractivity contribution is 0.0668. The molecule has 0 aromatic carbocycles. The van der Waals surface area contributed by atoms with Crippen molar-refractivity contribution < 1.29 is 4.79 Å². The molecule has 4 nitrogen and oxygen atoms in total. The van der Waals surface area contributed by atoms with Gasteiger partial charge in [-0.3, -0.25) is 4.79 Å². The van der Waals surface area contributed by atoms with E-state index < -0.39 is 0 Å². The van der Waals surface area contributed by atoms with Crippen LogP contribution in [0.2, 0.25) is 0 Å². The van der Waals surface area contributed by atoms with Gasteiger partial charge in [0.1, 0.15) is 5.69 Å². The maximum atomic E-state index is 12.1. The van der Waals surface area contributed by atoms with Gasteiger partial charge in [0.2, 0.25) is 0 Å². The molecule has 2 rings (SSSR count). The Labute approximate surface area is 99.7 Å². The lowest BCUT2D eigenvalue weighted by Crippen LogP contribution is -2.55. The first kappa shape index (κ1) is 11.5. The molecule has 16 heavy (non-hydrogen) atoms. The number of amides is 1. The molecule has 1 amide bonds. The summed E-state index contributed by atoms with van der Waals surface area (Å²) in [5, 5.41) is 6.20. The number of aryl methyl sites for hydroxylation is 1. The van der Waals surface area contributed by atoms with Gasteiger partial charge in [-0.1, -0.05) is 0 Å². The highest BCUT2D eigenvalue weighted by Crippen LogP contribution is 2.13. The van der Waals surface area contributed by atoms with Crippen molar-refractivity contribution in [1.82, 2.24) is 15.2 Å². The number of thiazole rings is 1. The minimum atomic E-state index is 0.0598. The Bertz CT molecular complexity index is 380. The Hall–Kier alpha value is -0.940. The Kier molecular flexibility index (Phi) is 3.25. The summed E-state index contributed by atoms with van der Waals surface area (Å²) in [5.74, 6) is 0.0598. The van der Waals surface area contributed by atoms with Crippen LogP contribution in [0.25, 0.3) is 0 Å². The van der Waals surface area contributed by atoms with Crippen LogP contribution < -0.4 is 5.32 Å². The summed E-state index contributed by atoms with van der Waals surface area (Å²) in [6.07, 6.45) is 0. The minimum absolute atomic E-state index is 0.0598. The summed E-state index contributed by atoms with van der Waals surface area (Å²) < 4.78 is 0. The largest absolute Gasteiger partial charge is 0.334 e. The molecule has 1 aromatic heterocycles. The van der Waals surface area contributed by atoms with Crippen molar-refractivity contribution in [3.63, 3.8) is 0 Å². The van der Waals surface area contributed by atoms with Crippen LogP contribution in [0.1, 0.15) is 29.3 Å². The van der Waals surface area contributed by atoms with Gasteiger partial charge >= 0.3 is 0 Å². The van der Waals surface area contributed by atoms with Gasteiger partial charge in [-0.15, -0.1) is 11.3 Å². The molecule has 1 fully saturated rings. The van der Waals surface area contributed by atoms with Gasteiger partial charge in [0.25, 0.3) is 5.91 Å². The Balaban J connectivity index is 2.09. The van der Waals surface area contributed by atoms with Crippen LogP contribution in [-0.4, -0.2) is 41.0 Å². The molecule has 1 saturated heterocycles. The van der Waals surface area contributed by atoms with Crippen molar-refractivity contribution in [3.8, 4) is 0 Å². The first-order chi connectivity index (χ1) is 7.56. The zero-order valence-corrected chi connectivity index (χ0v) is 10.7. The van der Waals surface area contributed by atoms with Crippen LogP contribution >= 0.6 is 11.3 Å². The number of nitrogens with one attached hydrogen (secondary N) is 1. The Morgan fingerprint density at radius 1 is 1.50 bits per heavy atom. The molecule has 0 aliphatic carbocycles. The quantitative estimate of drug-likeness (QED) is 0.803. The van der Waals surface area contributed by atoms with E-state index in [1.165, 1.54) is 11.3 Å². The third-order valence-electron chi connectivity index (χ3n) is 2.68. The maximum Gasteiger partial charge on any atom is 0.273 e. The fraction of sp³-hybridized carbons (Fsp3) is 0.636. The highest BCUT2D eigenvalue weighted by atomic mass is 32.1. The molecule has 88 valence electrons. The lowest BCUT2D eigenvalue weighted by atomic mass is 10.1. The zero-order valence-electron chi connectivity index (χ0n) is 9.86. The predicted octanol–water partition coefficient (Wildman–Crippen LogP) is 1.27. The van der Waals surface area contributed by atoms with Crippen molar-refractivity contribution >= 4 is 17.2 Å². The van der Waals surface area contributed by atoms with Crippen LogP contribution in [0.5, 0.6) is 0 Å². The van der Waals surface area contributed by atoms with Crippen LogP contribution in [-0.2, 0) is 0 Å². The molecule has 0 saturated carbocycles. The normalized spacial score (nSPS) is 25.8. The predicted molar refractivity (Wildman–Crippen MR) is 64.8 cm³/mol. The van der Waals surface area contributed by atoms with E-state index in [0.29, 0.717) is 17.8 Å². The molecule has 0 spiro atoms. The first-order valence-corrected chi connectivity index (χ1v) is 6.41. The summed E-state index contributed by atoms with van der Waals surface area (Å²) in [6, 6.07) is 0.708. The Morgan fingerprint density at radius 3 is 2.62 bits per heavy atom. The van der Waals surface area contributed by atoms with Crippen LogP contribution in [0.15, 0.2) is 5.38 Å². The van der Waals surface area contributed by atoms with Crippen molar-refractivity contribution in [2.45, 2.75) is 32.9 Å². The molecule has 0 bridgehead atoms. The summed E-state index contributed by atoms with van der Waals surface area (Å²) in [4.78, 5) is 18.3. The molecule has 2 heterocycles. The standard InChI is InChI=1S/C11H17N3OS/c1-7-4-14(5-8(2)12-7)11(15)10-6-16-9(3)13-10/h6-8,12H,4-5H2,1-3H3. The average Bonchev–Trinajstić information content (AvgIpc) is 2.62. The van der Waals surface area contributed by atoms with Crippen LogP contribution in [0.4, 0.5) is 0 Å². The number of carbonyl (C=O) groups is 1. The smallest absolute Gasteiger partial charge is 0.273 e. The molecule has 0 radical (unpaired) electrons. The van der Waals surface area contributed by atoms with E-state index in [2.05, 4.69) is 24.1 Å². The van der Waals surface area contributed by atoms with Crippen molar-refractivity contribution in [2.24, 2.45) is 0 Å². The van der Waals surface area contributed by atoms with Crippen LogP contribution in [0.3, 0.4) is 0 Å². The fourth-order valence-electron chi connectivity index (χ4n) is 2.12. The molecule has 2 atom stereocenters. The summed E-state index contributed by atoms with van der Waals surface area (Å²) in [7, 11) is 0. The molecule has 2 unspecified atom stereocenters. The maximum absolute atomic E-state index is 12.1. The Morgan fingerprint density at radius 2 is 2.12 bits per heavy atom. The van der Waals surface area contributed by atoms with Gasteiger partial charge in [-0.25, -0.2) is 4.98 Å². The molecule has 1 aromatic rings. The highest BCUT2D eigenvalue weighted by molar-refractivity contribution is 7.09. The average molecular weight is 239 g/mol. The van der Waals surface area contributed by atoms with Gasteiger partial charge in [0, 0.05) is 30.6 Å². The van der Waals surface area contributed by atoms with Gasteiger partial charge in [0.15, 0.2) is 0 Å². The number of nitrogens with zero attached hydrogens (tertiary/aromatic N) is 2. The van der Waals surface area contributed by atoms with Crippen molar-refractivity contribution in [2.75, 3.05) is 13.1 Å². The van der Waals surface area contributed by atoms with E-state index in [1.54, 1.807) is 0 Å². The molecule has 1 aliphatic rings. The van der Waals surface area contributed by atoms with Crippen molar-refractivity contribution in [3.05, 3.63) is 16.1 Å². The van der Waals surface area contributed by atoms with E-state index in [4.69, 9.17) is 0 Å². The second kappa shape index (κ2) is 4.51. The van der Waals surface area contributed by atoms with Gasteiger partial charge in [0.05, 0.1) is 5.01 Å². The SMILES string of the molecule is Cc1nc(C(=O)N2CC(C)NC(C)C2)cs1. The number of aromatic nitrogens is 1.